The summed E-state index contributed by atoms with van der Waals surface area (Å²) in [6, 6.07) is 0. The van der Waals surface area contributed by atoms with E-state index >= 15 is 0 Å². The van der Waals surface area contributed by atoms with E-state index in [9.17, 15) is 9.90 Å². The molecule has 4 nitrogen and oxygen atoms in total. The van der Waals surface area contributed by atoms with E-state index in [0.29, 0.717) is 0 Å². The minimum absolute atomic E-state index is 0.529. The molecule has 0 aliphatic carbocycles. The molecular formula is C27H55NO3. The van der Waals surface area contributed by atoms with Gasteiger partial charge in [-0.05, 0) is 19.8 Å². The number of hydrogen-bond donors (Lipinski definition) is 1. The number of aliphatic hydroxyl groups excluding tert-OH is 1. The number of hydrogen-bond acceptors (Lipinski definition) is 4. The maximum Gasteiger partial charge on any atom is 0.353 e. The summed E-state index contributed by atoms with van der Waals surface area (Å²) in [7, 11) is 0. The molecule has 0 saturated carbocycles. The molecule has 4 heteroatoms. The average Bonchev–Trinajstić information content (AvgIpc) is 2.75. The van der Waals surface area contributed by atoms with E-state index in [1.165, 1.54) is 122 Å². The molecule has 0 aromatic rings. The van der Waals surface area contributed by atoms with E-state index in [-0.39, 0.29) is 0 Å². The predicted octanol–water partition coefficient (Wildman–Crippen LogP) is 7.97. The molecule has 0 aromatic heterocycles. The summed E-state index contributed by atoms with van der Waals surface area (Å²) in [6.45, 7) is 7.57. The summed E-state index contributed by atoms with van der Waals surface area (Å²) in [5.41, 5.74) is 0. The first-order valence-corrected chi connectivity index (χ1v) is 13.8. The number of unbranched alkanes of at least 4 members (excludes halogenated alkanes) is 18. The van der Waals surface area contributed by atoms with E-state index in [0.717, 1.165) is 25.9 Å². The van der Waals surface area contributed by atoms with E-state index in [1.54, 1.807) is 5.06 Å². The van der Waals surface area contributed by atoms with Crippen LogP contribution in [0.4, 0.5) is 0 Å². The molecule has 0 radical (unpaired) electrons. The molecule has 0 aromatic carbocycles. The van der Waals surface area contributed by atoms with Gasteiger partial charge >= 0.3 is 5.97 Å². The van der Waals surface area contributed by atoms with Gasteiger partial charge in [0.2, 0.25) is 0 Å². The summed E-state index contributed by atoms with van der Waals surface area (Å²) in [5.74, 6) is -0.529. The fourth-order valence-corrected chi connectivity index (χ4v) is 3.96. The molecule has 0 fully saturated rings. The molecule has 0 bridgehead atoms. The van der Waals surface area contributed by atoms with Crippen molar-refractivity contribution in [3.05, 3.63) is 0 Å². The Morgan fingerprint density at radius 3 is 1.19 bits per heavy atom. The number of carbonyl (C=O) groups is 1. The second-order valence-electron chi connectivity index (χ2n) is 9.38. The maximum atomic E-state index is 11.8. The van der Waals surface area contributed by atoms with Crippen LogP contribution in [0.25, 0.3) is 0 Å². The molecule has 186 valence electrons. The summed E-state index contributed by atoms with van der Waals surface area (Å²) in [5, 5.41) is 11.3. The van der Waals surface area contributed by atoms with Gasteiger partial charge in [0.15, 0.2) is 6.10 Å². The van der Waals surface area contributed by atoms with Crippen molar-refractivity contribution >= 4 is 5.97 Å². The van der Waals surface area contributed by atoms with Crippen LogP contribution in [0.1, 0.15) is 149 Å². The Bertz CT molecular complexity index is 349. The molecule has 0 aliphatic rings. The number of carbonyl (C=O) groups excluding carboxylic acids is 1. The number of rotatable bonds is 24. The van der Waals surface area contributed by atoms with Crippen LogP contribution in [0.3, 0.4) is 0 Å². The smallest absolute Gasteiger partial charge is 0.353 e. The first-order valence-electron chi connectivity index (χ1n) is 13.8. The van der Waals surface area contributed by atoms with E-state index in [1.807, 2.05) is 0 Å². The van der Waals surface area contributed by atoms with Crippen LogP contribution >= 0.6 is 0 Å². The topological polar surface area (TPSA) is 49.8 Å². The Labute approximate surface area is 194 Å². The summed E-state index contributed by atoms with van der Waals surface area (Å²) >= 11 is 0. The standard InChI is InChI=1S/C27H55NO3/c1-4-6-8-10-12-14-16-18-20-22-24-28(31-27(30)26(3)29)25-23-21-19-17-15-13-11-9-7-5-2/h26,29H,4-25H2,1-3H3. The van der Waals surface area contributed by atoms with Crippen molar-refractivity contribution in [3.8, 4) is 0 Å². The Hall–Kier alpha value is -0.610. The van der Waals surface area contributed by atoms with Gasteiger partial charge in [-0.25, -0.2) is 4.79 Å². The molecule has 1 N–H and O–H groups in total. The van der Waals surface area contributed by atoms with Gasteiger partial charge in [-0.3, -0.25) is 0 Å². The van der Waals surface area contributed by atoms with Crippen LogP contribution in [0, 0.1) is 0 Å². The Morgan fingerprint density at radius 2 is 0.903 bits per heavy atom. The minimum atomic E-state index is -1.05. The highest BCUT2D eigenvalue weighted by Gasteiger charge is 2.16. The summed E-state index contributed by atoms with van der Waals surface area (Å²) in [6.07, 6.45) is 25.0. The zero-order valence-corrected chi connectivity index (χ0v) is 21.3. The Morgan fingerprint density at radius 1 is 0.613 bits per heavy atom. The van der Waals surface area contributed by atoms with Crippen LogP contribution in [0.15, 0.2) is 0 Å². The normalized spacial score (nSPS) is 12.4. The first-order chi connectivity index (χ1) is 15.1. The SMILES string of the molecule is CCCCCCCCCCCCN(CCCCCCCCCCCC)OC(=O)C(C)O. The van der Waals surface area contributed by atoms with E-state index in [2.05, 4.69) is 13.8 Å². The van der Waals surface area contributed by atoms with Crippen LogP contribution < -0.4 is 0 Å². The van der Waals surface area contributed by atoms with Gasteiger partial charge in [-0.2, -0.15) is 0 Å². The van der Waals surface area contributed by atoms with Crippen molar-refractivity contribution in [1.82, 2.24) is 5.06 Å². The average molecular weight is 442 g/mol. The van der Waals surface area contributed by atoms with Crippen LogP contribution in [0.5, 0.6) is 0 Å². The van der Waals surface area contributed by atoms with E-state index in [4.69, 9.17) is 4.84 Å². The maximum absolute atomic E-state index is 11.8. The third-order valence-electron chi connectivity index (χ3n) is 6.08. The van der Waals surface area contributed by atoms with Gasteiger partial charge in [0, 0.05) is 13.1 Å². The zero-order valence-electron chi connectivity index (χ0n) is 21.3. The lowest BCUT2D eigenvalue weighted by molar-refractivity contribution is -0.200. The van der Waals surface area contributed by atoms with Crippen LogP contribution in [-0.2, 0) is 9.63 Å². The van der Waals surface area contributed by atoms with Gasteiger partial charge in [0.25, 0.3) is 0 Å². The first kappa shape index (κ1) is 30.4. The Balaban J connectivity index is 3.80. The van der Waals surface area contributed by atoms with Crippen molar-refractivity contribution in [2.24, 2.45) is 0 Å². The lowest BCUT2D eigenvalue weighted by atomic mass is 10.1. The third-order valence-corrected chi connectivity index (χ3v) is 6.08. The van der Waals surface area contributed by atoms with Gasteiger partial charge in [0.1, 0.15) is 0 Å². The molecule has 0 rings (SSSR count). The highest BCUT2D eigenvalue weighted by molar-refractivity contribution is 5.73. The summed E-state index contributed by atoms with van der Waals surface area (Å²) in [4.78, 5) is 17.2. The van der Waals surface area contributed by atoms with Gasteiger partial charge in [0.05, 0.1) is 0 Å². The molecule has 31 heavy (non-hydrogen) atoms. The molecular weight excluding hydrogens is 386 g/mol. The largest absolute Gasteiger partial charge is 0.382 e. The number of aliphatic hydroxyl groups is 1. The third kappa shape index (κ3) is 22.4. The molecule has 1 atom stereocenters. The van der Waals surface area contributed by atoms with Gasteiger partial charge < -0.3 is 9.94 Å². The van der Waals surface area contributed by atoms with Crippen molar-refractivity contribution < 1.29 is 14.7 Å². The van der Waals surface area contributed by atoms with Crippen molar-refractivity contribution in [2.75, 3.05) is 13.1 Å². The lowest BCUT2D eigenvalue weighted by Crippen LogP contribution is -2.33. The van der Waals surface area contributed by atoms with Crippen molar-refractivity contribution in [2.45, 2.75) is 155 Å². The number of nitrogens with zero attached hydrogens (tertiary/aromatic N) is 1. The minimum Gasteiger partial charge on any atom is -0.382 e. The summed E-state index contributed by atoms with van der Waals surface area (Å²) < 4.78 is 0. The fourth-order valence-electron chi connectivity index (χ4n) is 3.96. The second-order valence-corrected chi connectivity index (χ2v) is 9.38. The fraction of sp³-hybridized carbons (Fsp3) is 0.963. The second kappa shape index (κ2) is 24.0. The van der Waals surface area contributed by atoms with Gasteiger partial charge in [-0.15, -0.1) is 5.06 Å². The number of hydroxylamine groups is 2. The van der Waals surface area contributed by atoms with Gasteiger partial charge in [-0.1, -0.05) is 129 Å². The zero-order chi connectivity index (χ0) is 23.0. The molecule has 0 spiro atoms. The quantitative estimate of drug-likeness (QED) is 0.122. The monoisotopic (exact) mass is 441 g/mol. The highest BCUT2D eigenvalue weighted by Crippen LogP contribution is 2.13. The van der Waals surface area contributed by atoms with Crippen LogP contribution in [-0.4, -0.2) is 35.3 Å². The predicted molar refractivity (Wildman–Crippen MR) is 133 cm³/mol. The van der Waals surface area contributed by atoms with Crippen LogP contribution in [0.2, 0.25) is 0 Å². The molecule has 0 saturated heterocycles. The highest BCUT2D eigenvalue weighted by atomic mass is 16.7. The lowest BCUT2D eigenvalue weighted by Gasteiger charge is -2.22. The van der Waals surface area contributed by atoms with Crippen molar-refractivity contribution in [1.29, 1.82) is 0 Å². The Kier molecular flexibility index (Phi) is 23.6. The molecule has 0 amide bonds. The molecule has 0 heterocycles. The molecule has 0 aliphatic heterocycles. The molecule has 1 unspecified atom stereocenters. The van der Waals surface area contributed by atoms with E-state index < -0.39 is 12.1 Å². The van der Waals surface area contributed by atoms with Crippen molar-refractivity contribution in [3.63, 3.8) is 0 Å².